The molecule has 0 aliphatic rings. The van der Waals surface area contributed by atoms with Crippen LogP contribution in [0.2, 0.25) is 0 Å². The van der Waals surface area contributed by atoms with Crippen LogP contribution in [0.5, 0.6) is 0 Å². The Morgan fingerprint density at radius 1 is 1.58 bits per heavy atom. The molecule has 0 heterocycles. The van der Waals surface area contributed by atoms with Crippen molar-refractivity contribution in [3.63, 3.8) is 0 Å². The van der Waals surface area contributed by atoms with E-state index in [4.69, 9.17) is 6.42 Å². The fourth-order valence-corrected chi connectivity index (χ4v) is 2.33. The molecule has 1 aromatic rings. The maximum Gasteiger partial charge on any atom is 0.270 e. The maximum absolute atomic E-state index is 11.9. The summed E-state index contributed by atoms with van der Waals surface area (Å²) in [6, 6.07) is 4.26. The zero-order chi connectivity index (χ0) is 14.4. The van der Waals surface area contributed by atoms with Crippen molar-refractivity contribution in [2.24, 2.45) is 0 Å². The number of amides is 1. The highest BCUT2D eigenvalue weighted by atomic mass is 32.2. The van der Waals surface area contributed by atoms with Crippen molar-refractivity contribution in [2.45, 2.75) is 24.0 Å². The predicted molar refractivity (Wildman–Crippen MR) is 75.3 cm³/mol. The van der Waals surface area contributed by atoms with E-state index in [0.29, 0.717) is 4.90 Å². The van der Waals surface area contributed by atoms with Crippen molar-refractivity contribution in [2.75, 3.05) is 6.54 Å². The number of rotatable bonds is 5. The summed E-state index contributed by atoms with van der Waals surface area (Å²) in [4.78, 5) is 22.9. The van der Waals surface area contributed by atoms with E-state index >= 15 is 0 Å². The minimum absolute atomic E-state index is 0.0906. The molecule has 1 N–H and O–H groups in total. The van der Waals surface area contributed by atoms with Gasteiger partial charge in [0, 0.05) is 22.3 Å². The number of nitrogens with one attached hydrogen (secondary N) is 1. The summed E-state index contributed by atoms with van der Waals surface area (Å²) in [7, 11) is 0. The van der Waals surface area contributed by atoms with Gasteiger partial charge in [-0.1, -0.05) is 19.8 Å². The summed E-state index contributed by atoms with van der Waals surface area (Å²) < 4.78 is 0. The van der Waals surface area contributed by atoms with Crippen LogP contribution in [-0.4, -0.2) is 22.6 Å². The van der Waals surface area contributed by atoms with Gasteiger partial charge in [-0.25, -0.2) is 0 Å². The number of terminal acetylenes is 1. The normalized spacial score (nSPS) is 10.0. The smallest absolute Gasteiger partial charge is 0.270 e. The van der Waals surface area contributed by atoms with Crippen molar-refractivity contribution in [1.82, 2.24) is 5.32 Å². The van der Waals surface area contributed by atoms with Gasteiger partial charge in [0.05, 0.1) is 17.0 Å². The standard InChI is InChI=1S/C13H14N2O3S/c1-4-7-14-13(16)11-8-10(15(17)18)5-6-12(11)19-9(2)3/h1,5-6,8-9H,7H2,2-3H3,(H,14,16). The topological polar surface area (TPSA) is 72.2 Å². The summed E-state index contributed by atoms with van der Waals surface area (Å²) >= 11 is 1.47. The van der Waals surface area contributed by atoms with Gasteiger partial charge in [-0.3, -0.25) is 14.9 Å². The minimum atomic E-state index is -0.526. The first-order valence-corrected chi connectivity index (χ1v) is 6.50. The molecule has 0 aromatic heterocycles. The highest BCUT2D eigenvalue weighted by Crippen LogP contribution is 2.29. The molecule has 0 aliphatic heterocycles. The van der Waals surface area contributed by atoms with Gasteiger partial charge < -0.3 is 5.32 Å². The third-order valence-electron chi connectivity index (χ3n) is 2.13. The van der Waals surface area contributed by atoms with E-state index < -0.39 is 10.8 Å². The number of carbonyl (C=O) groups excluding carboxylic acids is 1. The van der Waals surface area contributed by atoms with Crippen molar-refractivity contribution in [1.29, 1.82) is 0 Å². The monoisotopic (exact) mass is 278 g/mol. The first-order chi connectivity index (χ1) is 8.95. The van der Waals surface area contributed by atoms with Gasteiger partial charge in [0.15, 0.2) is 0 Å². The average Bonchev–Trinajstić information content (AvgIpc) is 2.35. The summed E-state index contributed by atoms with van der Waals surface area (Å²) in [5.41, 5.74) is 0.169. The van der Waals surface area contributed by atoms with Crippen LogP contribution < -0.4 is 5.32 Å². The Hall–Kier alpha value is -2.00. The molecule has 0 atom stereocenters. The molecule has 6 heteroatoms. The van der Waals surface area contributed by atoms with Crippen LogP contribution in [0.4, 0.5) is 5.69 Å². The van der Waals surface area contributed by atoms with E-state index in [1.165, 1.54) is 23.9 Å². The molecule has 0 saturated heterocycles. The van der Waals surface area contributed by atoms with Crippen molar-refractivity contribution >= 4 is 23.4 Å². The molecule has 1 amide bonds. The lowest BCUT2D eigenvalue weighted by Gasteiger charge is -2.10. The van der Waals surface area contributed by atoms with Gasteiger partial charge in [-0.05, 0) is 6.07 Å². The highest BCUT2D eigenvalue weighted by Gasteiger charge is 2.17. The van der Waals surface area contributed by atoms with Crippen LogP contribution in [0.25, 0.3) is 0 Å². The van der Waals surface area contributed by atoms with Crippen LogP contribution in [0.15, 0.2) is 23.1 Å². The highest BCUT2D eigenvalue weighted by molar-refractivity contribution is 8.00. The number of nitro groups is 1. The molecule has 19 heavy (non-hydrogen) atoms. The molecule has 1 rings (SSSR count). The predicted octanol–water partition coefficient (Wildman–Crippen LogP) is 2.46. The summed E-state index contributed by atoms with van der Waals surface area (Å²) in [6.45, 7) is 4.05. The van der Waals surface area contributed by atoms with Crippen LogP contribution in [-0.2, 0) is 0 Å². The number of nitrogens with zero attached hydrogens (tertiary/aromatic N) is 1. The second kappa shape index (κ2) is 6.81. The van der Waals surface area contributed by atoms with Gasteiger partial charge in [0.25, 0.3) is 11.6 Å². The molecule has 5 nitrogen and oxygen atoms in total. The molecule has 0 aliphatic carbocycles. The molecule has 100 valence electrons. The largest absolute Gasteiger partial charge is 0.341 e. The lowest BCUT2D eigenvalue weighted by Crippen LogP contribution is -2.24. The Balaban J connectivity index is 3.14. The number of carbonyl (C=O) groups is 1. The van der Waals surface area contributed by atoms with Gasteiger partial charge in [-0.2, -0.15) is 0 Å². The molecule has 1 aromatic carbocycles. The molecule has 0 fully saturated rings. The van der Waals surface area contributed by atoms with E-state index in [0.717, 1.165) is 0 Å². The average molecular weight is 278 g/mol. The second-order valence-corrected chi connectivity index (χ2v) is 5.61. The van der Waals surface area contributed by atoms with E-state index in [2.05, 4.69) is 11.2 Å². The zero-order valence-corrected chi connectivity index (χ0v) is 11.5. The Morgan fingerprint density at radius 3 is 2.79 bits per heavy atom. The lowest BCUT2D eigenvalue weighted by atomic mass is 10.2. The fourth-order valence-electron chi connectivity index (χ4n) is 1.39. The van der Waals surface area contributed by atoms with Crippen LogP contribution in [0, 0.1) is 22.5 Å². The second-order valence-electron chi connectivity index (χ2n) is 3.99. The third-order valence-corrected chi connectivity index (χ3v) is 3.21. The van der Waals surface area contributed by atoms with Crippen molar-refractivity contribution < 1.29 is 9.72 Å². The third kappa shape index (κ3) is 4.30. The van der Waals surface area contributed by atoms with Crippen LogP contribution in [0.3, 0.4) is 0 Å². The SMILES string of the molecule is C#CCNC(=O)c1cc([N+](=O)[O-])ccc1SC(C)C. The van der Waals surface area contributed by atoms with E-state index in [9.17, 15) is 14.9 Å². The molecule has 0 saturated carbocycles. The van der Waals surface area contributed by atoms with Gasteiger partial charge in [-0.15, -0.1) is 18.2 Å². The van der Waals surface area contributed by atoms with Crippen molar-refractivity contribution in [3.05, 3.63) is 33.9 Å². The first-order valence-electron chi connectivity index (χ1n) is 5.62. The molecular formula is C13H14N2O3S. The Bertz CT molecular complexity index is 535. The molecule has 0 bridgehead atoms. The summed E-state index contributed by atoms with van der Waals surface area (Å²) in [6.07, 6.45) is 5.07. The lowest BCUT2D eigenvalue weighted by molar-refractivity contribution is -0.384. The van der Waals surface area contributed by atoms with Crippen molar-refractivity contribution in [3.8, 4) is 12.3 Å². The van der Waals surface area contributed by atoms with E-state index in [1.807, 2.05) is 13.8 Å². The zero-order valence-electron chi connectivity index (χ0n) is 10.7. The quantitative estimate of drug-likeness (QED) is 0.388. The molecule has 0 unspecified atom stereocenters. The summed E-state index contributed by atoms with van der Waals surface area (Å²) in [5, 5.41) is 13.5. The number of thioether (sulfide) groups is 1. The number of nitro benzene ring substituents is 1. The van der Waals surface area contributed by atoms with E-state index in [1.54, 1.807) is 6.07 Å². The number of hydrogen-bond acceptors (Lipinski definition) is 4. The molecule has 0 spiro atoms. The Morgan fingerprint density at radius 2 is 2.26 bits per heavy atom. The van der Waals surface area contributed by atoms with Gasteiger partial charge >= 0.3 is 0 Å². The van der Waals surface area contributed by atoms with Crippen LogP contribution >= 0.6 is 11.8 Å². The van der Waals surface area contributed by atoms with E-state index in [-0.39, 0.29) is 23.0 Å². The Kier molecular flexibility index (Phi) is 5.39. The van der Waals surface area contributed by atoms with Gasteiger partial charge in [0.1, 0.15) is 0 Å². The van der Waals surface area contributed by atoms with Gasteiger partial charge in [0.2, 0.25) is 0 Å². The fraction of sp³-hybridized carbons (Fsp3) is 0.308. The minimum Gasteiger partial charge on any atom is -0.341 e. The number of hydrogen-bond donors (Lipinski definition) is 1. The first kappa shape index (κ1) is 15.1. The molecule has 0 radical (unpaired) electrons. The number of benzene rings is 1. The molecular weight excluding hydrogens is 264 g/mol. The number of non-ortho nitro benzene ring substituents is 1. The summed E-state index contributed by atoms with van der Waals surface area (Å²) in [5.74, 6) is 1.90. The maximum atomic E-state index is 11.9. The van der Waals surface area contributed by atoms with Crippen LogP contribution in [0.1, 0.15) is 24.2 Å². The Labute approximate surface area is 115 Å².